The molecule has 0 saturated heterocycles. The van der Waals surface area contributed by atoms with Gasteiger partial charge in [-0.25, -0.2) is 0 Å². The molecule has 0 aliphatic rings. The SMILES string of the molecule is CCNC(=O)CN(CC)CCOc1ccc(CN)cc1. The van der Waals surface area contributed by atoms with Crippen molar-refractivity contribution in [1.29, 1.82) is 0 Å². The molecule has 0 heterocycles. The van der Waals surface area contributed by atoms with Crippen LogP contribution in [0.4, 0.5) is 0 Å². The number of carbonyl (C=O) groups is 1. The highest BCUT2D eigenvalue weighted by Crippen LogP contribution is 2.11. The smallest absolute Gasteiger partial charge is 0.234 e. The van der Waals surface area contributed by atoms with Crippen LogP contribution in [0.1, 0.15) is 19.4 Å². The predicted octanol–water partition coefficient (Wildman–Crippen LogP) is 0.982. The number of hydrogen-bond donors (Lipinski definition) is 2. The average molecular weight is 279 g/mol. The molecular weight excluding hydrogens is 254 g/mol. The van der Waals surface area contributed by atoms with E-state index in [-0.39, 0.29) is 5.91 Å². The zero-order valence-corrected chi connectivity index (χ0v) is 12.4. The van der Waals surface area contributed by atoms with Crippen molar-refractivity contribution in [3.63, 3.8) is 0 Å². The molecule has 0 bridgehead atoms. The molecular formula is C15H25N3O2. The van der Waals surface area contributed by atoms with Crippen LogP contribution in [0.25, 0.3) is 0 Å². The third-order valence-electron chi connectivity index (χ3n) is 3.02. The van der Waals surface area contributed by atoms with Gasteiger partial charge in [-0.2, -0.15) is 0 Å². The van der Waals surface area contributed by atoms with Crippen LogP contribution >= 0.6 is 0 Å². The maximum atomic E-state index is 11.5. The second-order valence-electron chi connectivity index (χ2n) is 4.52. The van der Waals surface area contributed by atoms with E-state index < -0.39 is 0 Å². The van der Waals surface area contributed by atoms with Crippen molar-refractivity contribution in [3.8, 4) is 5.75 Å². The first-order valence-corrected chi connectivity index (χ1v) is 7.10. The standard InChI is InChI=1S/C15H25N3O2/c1-3-17-15(19)12-18(4-2)9-10-20-14-7-5-13(11-16)6-8-14/h5-8H,3-4,9-12,16H2,1-2H3,(H,17,19). The fraction of sp³-hybridized carbons (Fsp3) is 0.533. The summed E-state index contributed by atoms with van der Waals surface area (Å²) in [6, 6.07) is 7.76. The molecule has 0 fully saturated rings. The first-order valence-electron chi connectivity index (χ1n) is 7.10. The summed E-state index contributed by atoms with van der Waals surface area (Å²) in [4.78, 5) is 13.6. The maximum Gasteiger partial charge on any atom is 0.234 e. The largest absolute Gasteiger partial charge is 0.492 e. The number of carbonyl (C=O) groups excluding carboxylic acids is 1. The van der Waals surface area contributed by atoms with Gasteiger partial charge in [0.05, 0.1) is 6.54 Å². The molecule has 0 aromatic heterocycles. The molecule has 1 amide bonds. The van der Waals surface area contributed by atoms with Gasteiger partial charge >= 0.3 is 0 Å². The van der Waals surface area contributed by atoms with E-state index in [0.717, 1.165) is 24.4 Å². The topological polar surface area (TPSA) is 67.6 Å². The van der Waals surface area contributed by atoms with Crippen molar-refractivity contribution < 1.29 is 9.53 Å². The number of rotatable bonds is 9. The summed E-state index contributed by atoms with van der Waals surface area (Å²) in [6.45, 7) is 7.70. The minimum absolute atomic E-state index is 0.0571. The molecule has 1 aromatic carbocycles. The minimum atomic E-state index is 0.0571. The lowest BCUT2D eigenvalue weighted by atomic mass is 10.2. The van der Waals surface area contributed by atoms with E-state index >= 15 is 0 Å². The summed E-state index contributed by atoms with van der Waals surface area (Å²) in [6.07, 6.45) is 0. The Morgan fingerprint density at radius 2 is 2.00 bits per heavy atom. The van der Waals surface area contributed by atoms with Crippen LogP contribution in [0.5, 0.6) is 5.75 Å². The summed E-state index contributed by atoms with van der Waals surface area (Å²) in [7, 11) is 0. The second-order valence-corrected chi connectivity index (χ2v) is 4.52. The lowest BCUT2D eigenvalue weighted by molar-refractivity contribution is -0.122. The van der Waals surface area contributed by atoms with Crippen LogP contribution < -0.4 is 15.8 Å². The van der Waals surface area contributed by atoms with Crippen LogP contribution in [-0.4, -0.2) is 43.6 Å². The molecule has 0 aliphatic carbocycles. The van der Waals surface area contributed by atoms with E-state index in [1.807, 2.05) is 38.1 Å². The van der Waals surface area contributed by atoms with Gasteiger partial charge in [0, 0.05) is 19.6 Å². The molecule has 5 heteroatoms. The number of nitrogens with two attached hydrogens (primary N) is 1. The monoisotopic (exact) mass is 279 g/mol. The molecule has 3 N–H and O–H groups in total. The molecule has 1 aromatic rings. The summed E-state index contributed by atoms with van der Waals surface area (Å²) in [5.41, 5.74) is 6.63. The number of hydrogen-bond acceptors (Lipinski definition) is 4. The Bertz CT molecular complexity index is 393. The Balaban J connectivity index is 2.31. The zero-order valence-electron chi connectivity index (χ0n) is 12.4. The molecule has 0 saturated carbocycles. The lowest BCUT2D eigenvalue weighted by Gasteiger charge is -2.19. The number of amides is 1. The maximum absolute atomic E-state index is 11.5. The highest BCUT2D eigenvalue weighted by molar-refractivity contribution is 5.77. The lowest BCUT2D eigenvalue weighted by Crippen LogP contribution is -2.38. The number of benzene rings is 1. The summed E-state index contributed by atoms with van der Waals surface area (Å²) in [5.74, 6) is 0.887. The Morgan fingerprint density at radius 3 is 2.55 bits per heavy atom. The average Bonchev–Trinajstić information content (AvgIpc) is 2.47. The number of nitrogens with zero attached hydrogens (tertiary/aromatic N) is 1. The van der Waals surface area contributed by atoms with Gasteiger partial charge in [-0.05, 0) is 31.2 Å². The van der Waals surface area contributed by atoms with E-state index in [2.05, 4.69) is 10.2 Å². The van der Waals surface area contributed by atoms with Crippen LogP contribution in [-0.2, 0) is 11.3 Å². The van der Waals surface area contributed by atoms with E-state index in [1.54, 1.807) is 0 Å². The highest BCUT2D eigenvalue weighted by atomic mass is 16.5. The third-order valence-corrected chi connectivity index (χ3v) is 3.02. The van der Waals surface area contributed by atoms with Crippen molar-refractivity contribution in [3.05, 3.63) is 29.8 Å². The fourth-order valence-corrected chi connectivity index (χ4v) is 1.82. The number of nitrogens with one attached hydrogen (secondary N) is 1. The van der Waals surface area contributed by atoms with Crippen LogP contribution in [0, 0.1) is 0 Å². The summed E-state index contributed by atoms with van der Waals surface area (Å²) in [5, 5.41) is 2.80. The zero-order chi connectivity index (χ0) is 14.8. The molecule has 0 spiro atoms. The third kappa shape index (κ3) is 6.04. The second kappa shape index (κ2) is 9.34. The van der Waals surface area contributed by atoms with Gasteiger partial charge in [0.15, 0.2) is 0 Å². The van der Waals surface area contributed by atoms with E-state index in [1.165, 1.54) is 0 Å². The summed E-state index contributed by atoms with van der Waals surface area (Å²) < 4.78 is 5.67. The molecule has 0 radical (unpaired) electrons. The van der Waals surface area contributed by atoms with Gasteiger partial charge in [0.25, 0.3) is 0 Å². The van der Waals surface area contributed by atoms with Gasteiger partial charge in [-0.1, -0.05) is 19.1 Å². The Morgan fingerprint density at radius 1 is 1.30 bits per heavy atom. The van der Waals surface area contributed by atoms with Crippen LogP contribution in [0.15, 0.2) is 24.3 Å². The Kier molecular flexibility index (Phi) is 7.69. The molecule has 5 nitrogen and oxygen atoms in total. The number of ether oxygens (including phenoxy) is 1. The van der Waals surface area contributed by atoms with Crippen molar-refractivity contribution in [1.82, 2.24) is 10.2 Å². The number of likely N-dealkylation sites (N-methyl/N-ethyl adjacent to an activating group) is 2. The highest BCUT2D eigenvalue weighted by Gasteiger charge is 2.08. The summed E-state index contributed by atoms with van der Waals surface area (Å²) >= 11 is 0. The van der Waals surface area contributed by atoms with E-state index in [0.29, 0.717) is 26.2 Å². The van der Waals surface area contributed by atoms with Gasteiger partial charge in [0.1, 0.15) is 12.4 Å². The molecule has 20 heavy (non-hydrogen) atoms. The molecule has 0 unspecified atom stereocenters. The first kappa shape index (κ1) is 16.5. The van der Waals surface area contributed by atoms with Crippen molar-refractivity contribution in [2.45, 2.75) is 20.4 Å². The predicted molar refractivity (Wildman–Crippen MR) is 80.6 cm³/mol. The first-order chi connectivity index (χ1) is 9.69. The van der Waals surface area contributed by atoms with Gasteiger partial charge in [-0.3, -0.25) is 9.69 Å². The van der Waals surface area contributed by atoms with Gasteiger partial charge in [-0.15, -0.1) is 0 Å². The van der Waals surface area contributed by atoms with Crippen molar-refractivity contribution in [2.75, 3.05) is 32.8 Å². The fourth-order valence-electron chi connectivity index (χ4n) is 1.82. The van der Waals surface area contributed by atoms with E-state index in [9.17, 15) is 4.79 Å². The van der Waals surface area contributed by atoms with Crippen LogP contribution in [0.2, 0.25) is 0 Å². The minimum Gasteiger partial charge on any atom is -0.492 e. The quantitative estimate of drug-likeness (QED) is 0.707. The molecule has 112 valence electrons. The van der Waals surface area contributed by atoms with E-state index in [4.69, 9.17) is 10.5 Å². The van der Waals surface area contributed by atoms with Gasteiger partial charge < -0.3 is 15.8 Å². The molecule has 1 rings (SSSR count). The Labute approximate surface area is 121 Å². The normalized spacial score (nSPS) is 10.6. The molecule has 0 atom stereocenters. The molecule has 0 aliphatic heterocycles. The van der Waals surface area contributed by atoms with Crippen LogP contribution in [0.3, 0.4) is 0 Å². The Hall–Kier alpha value is -1.59. The van der Waals surface area contributed by atoms with Crippen molar-refractivity contribution >= 4 is 5.91 Å². The van der Waals surface area contributed by atoms with Crippen molar-refractivity contribution in [2.24, 2.45) is 5.73 Å². The van der Waals surface area contributed by atoms with Gasteiger partial charge in [0.2, 0.25) is 5.91 Å².